The van der Waals surface area contributed by atoms with E-state index in [2.05, 4.69) is 48.2 Å². The smallest absolute Gasteiger partial charge is 0.227 e. The molecule has 1 amide bonds. The van der Waals surface area contributed by atoms with Crippen molar-refractivity contribution in [3.8, 4) is 0 Å². The number of hydrogen-bond donors (Lipinski definition) is 0. The summed E-state index contributed by atoms with van der Waals surface area (Å²) in [5.74, 6) is 1.31. The molecule has 5 rings (SSSR count). The van der Waals surface area contributed by atoms with Crippen molar-refractivity contribution in [2.45, 2.75) is 33.0 Å². The quantitative estimate of drug-likeness (QED) is 0.811. The molecule has 0 unspecified atom stereocenters. The largest absolute Gasteiger partial charge is 0.378 e. The van der Waals surface area contributed by atoms with E-state index in [4.69, 9.17) is 9.73 Å². The maximum absolute atomic E-state index is 12.7. The lowest BCUT2D eigenvalue weighted by molar-refractivity contribution is -0.132. The summed E-state index contributed by atoms with van der Waals surface area (Å²) >= 11 is 0. The molecule has 0 spiro atoms. The van der Waals surface area contributed by atoms with Crippen LogP contribution in [0.1, 0.15) is 33.4 Å². The number of amidine groups is 1. The molecule has 2 aromatic carbocycles. The van der Waals surface area contributed by atoms with Crippen LogP contribution in [0.4, 0.5) is 0 Å². The maximum atomic E-state index is 12.7. The second kappa shape index (κ2) is 7.06. The minimum absolute atomic E-state index is 0.210. The van der Waals surface area contributed by atoms with Crippen molar-refractivity contribution in [1.29, 1.82) is 0 Å². The third kappa shape index (κ3) is 3.20. The fourth-order valence-corrected chi connectivity index (χ4v) is 4.43. The van der Waals surface area contributed by atoms with Crippen molar-refractivity contribution >= 4 is 11.7 Å². The Morgan fingerprint density at radius 2 is 1.93 bits per heavy atom. The Labute approximate surface area is 165 Å². The van der Waals surface area contributed by atoms with Crippen molar-refractivity contribution in [1.82, 2.24) is 9.80 Å². The second-order valence-electron chi connectivity index (χ2n) is 7.93. The predicted molar refractivity (Wildman–Crippen MR) is 108 cm³/mol. The van der Waals surface area contributed by atoms with Gasteiger partial charge in [0.25, 0.3) is 0 Å². The maximum Gasteiger partial charge on any atom is 0.227 e. The van der Waals surface area contributed by atoms with Crippen molar-refractivity contribution in [2.24, 2.45) is 4.99 Å². The molecule has 0 aromatic heterocycles. The first-order chi connectivity index (χ1) is 13.7. The summed E-state index contributed by atoms with van der Waals surface area (Å²) in [5.41, 5.74) is 7.34. The fraction of sp³-hybridized carbons (Fsp3) is 0.391. The number of aryl methyl sites for hydroxylation is 1. The molecule has 144 valence electrons. The molecule has 1 saturated heterocycles. The standard InChI is InChI=1S/C23H25N3O2/c1-16-3-2-4-17(9-16)14-26-15-20-11-21-19(10-18(20)12-22(26)27)13-24-23(21)25-5-7-28-8-6-25/h2-4,9-11H,5-8,12-15H2,1H3. The highest BCUT2D eigenvalue weighted by Gasteiger charge is 2.28. The molecule has 0 bridgehead atoms. The number of rotatable bonds is 2. The Hall–Kier alpha value is -2.66. The Balaban J connectivity index is 1.40. The zero-order valence-corrected chi connectivity index (χ0v) is 16.3. The summed E-state index contributed by atoms with van der Waals surface area (Å²) in [4.78, 5) is 21.8. The highest BCUT2D eigenvalue weighted by molar-refractivity contribution is 6.02. The van der Waals surface area contributed by atoms with E-state index in [0.29, 0.717) is 19.5 Å². The van der Waals surface area contributed by atoms with E-state index >= 15 is 0 Å². The van der Waals surface area contributed by atoms with E-state index in [1.54, 1.807) is 0 Å². The third-order valence-corrected chi connectivity index (χ3v) is 5.89. The highest BCUT2D eigenvalue weighted by atomic mass is 16.5. The number of carbonyl (C=O) groups is 1. The van der Waals surface area contributed by atoms with Crippen molar-refractivity contribution in [2.75, 3.05) is 26.3 Å². The summed E-state index contributed by atoms with van der Waals surface area (Å²) in [6, 6.07) is 12.9. The molecule has 0 atom stereocenters. The zero-order chi connectivity index (χ0) is 19.1. The Kier molecular flexibility index (Phi) is 4.40. The number of hydrogen-bond acceptors (Lipinski definition) is 4. The molecule has 0 saturated carbocycles. The van der Waals surface area contributed by atoms with Gasteiger partial charge in [0.1, 0.15) is 5.84 Å². The van der Waals surface area contributed by atoms with E-state index in [1.807, 2.05) is 4.90 Å². The SMILES string of the molecule is Cc1cccc(CN2Cc3cc4c(cc3CC2=O)CN=C4N2CCOCC2)c1. The minimum atomic E-state index is 0.210. The average molecular weight is 375 g/mol. The molecular weight excluding hydrogens is 350 g/mol. The van der Waals surface area contributed by atoms with E-state index in [9.17, 15) is 4.79 Å². The molecule has 1 fully saturated rings. The molecule has 28 heavy (non-hydrogen) atoms. The summed E-state index contributed by atoms with van der Waals surface area (Å²) in [7, 11) is 0. The van der Waals surface area contributed by atoms with Crippen molar-refractivity contribution in [3.05, 3.63) is 69.8 Å². The lowest BCUT2D eigenvalue weighted by Crippen LogP contribution is -2.41. The van der Waals surface area contributed by atoms with Gasteiger partial charge in [-0.15, -0.1) is 0 Å². The molecule has 3 heterocycles. The molecule has 3 aliphatic heterocycles. The van der Waals surface area contributed by atoms with Gasteiger partial charge in [-0.25, -0.2) is 0 Å². The fourth-order valence-electron chi connectivity index (χ4n) is 4.43. The first-order valence-corrected chi connectivity index (χ1v) is 10.0. The summed E-state index contributed by atoms with van der Waals surface area (Å²) in [6.07, 6.45) is 0.487. The third-order valence-electron chi connectivity index (χ3n) is 5.89. The predicted octanol–water partition coefficient (Wildman–Crippen LogP) is 2.67. The number of aliphatic imine (C=N–C) groups is 1. The van der Waals surface area contributed by atoms with Crippen LogP contribution in [0.2, 0.25) is 0 Å². The number of nitrogens with zero attached hydrogens (tertiary/aromatic N) is 3. The van der Waals surface area contributed by atoms with Crippen molar-refractivity contribution in [3.63, 3.8) is 0 Å². The number of amides is 1. The van der Waals surface area contributed by atoms with E-state index in [-0.39, 0.29) is 5.91 Å². The summed E-state index contributed by atoms with van der Waals surface area (Å²) in [6.45, 7) is 7.47. The lowest BCUT2D eigenvalue weighted by Gasteiger charge is -2.31. The monoisotopic (exact) mass is 375 g/mol. The molecule has 2 aromatic rings. The van der Waals surface area contributed by atoms with Gasteiger partial charge < -0.3 is 14.5 Å². The van der Waals surface area contributed by atoms with Gasteiger partial charge in [0.2, 0.25) is 5.91 Å². The molecule has 3 aliphatic rings. The van der Waals surface area contributed by atoms with Crippen LogP contribution in [-0.2, 0) is 35.6 Å². The number of morpholine rings is 1. The van der Waals surface area contributed by atoms with Gasteiger partial charge in [-0.1, -0.05) is 35.9 Å². The lowest BCUT2D eigenvalue weighted by atomic mass is 9.93. The van der Waals surface area contributed by atoms with Gasteiger partial charge in [-0.05, 0) is 35.2 Å². The Morgan fingerprint density at radius 3 is 2.75 bits per heavy atom. The Morgan fingerprint density at radius 1 is 1.07 bits per heavy atom. The normalized spacial score (nSPS) is 18.8. The second-order valence-corrected chi connectivity index (χ2v) is 7.93. The van der Waals surface area contributed by atoms with Crippen LogP contribution < -0.4 is 0 Å². The number of benzene rings is 2. The van der Waals surface area contributed by atoms with Gasteiger partial charge >= 0.3 is 0 Å². The number of ether oxygens (including phenoxy) is 1. The number of carbonyl (C=O) groups excluding carboxylic acids is 1. The zero-order valence-electron chi connectivity index (χ0n) is 16.3. The first-order valence-electron chi connectivity index (χ1n) is 10.0. The van der Waals surface area contributed by atoms with Gasteiger partial charge in [0.15, 0.2) is 0 Å². The molecule has 5 nitrogen and oxygen atoms in total. The van der Waals surface area contributed by atoms with Crippen LogP contribution >= 0.6 is 0 Å². The van der Waals surface area contributed by atoms with Gasteiger partial charge in [0, 0.05) is 31.7 Å². The van der Waals surface area contributed by atoms with Crippen LogP contribution in [0.15, 0.2) is 41.4 Å². The topological polar surface area (TPSA) is 45.1 Å². The molecule has 0 radical (unpaired) electrons. The van der Waals surface area contributed by atoms with E-state index in [0.717, 1.165) is 38.7 Å². The van der Waals surface area contributed by atoms with Crippen LogP contribution in [0, 0.1) is 6.92 Å². The van der Waals surface area contributed by atoms with Crippen molar-refractivity contribution < 1.29 is 9.53 Å². The van der Waals surface area contributed by atoms with Gasteiger partial charge in [-0.2, -0.15) is 0 Å². The van der Waals surface area contributed by atoms with Gasteiger partial charge in [-0.3, -0.25) is 9.79 Å². The first kappa shape index (κ1) is 17.4. The molecule has 0 aliphatic carbocycles. The molecule has 5 heteroatoms. The minimum Gasteiger partial charge on any atom is -0.378 e. The summed E-state index contributed by atoms with van der Waals surface area (Å²) < 4.78 is 5.49. The van der Waals surface area contributed by atoms with Crippen LogP contribution in [0.3, 0.4) is 0 Å². The van der Waals surface area contributed by atoms with Gasteiger partial charge in [0.05, 0.1) is 26.2 Å². The van der Waals surface area contributed by atoms with E-state index in [1.165, 1.54) is 33.4 Å². The highest BCUT2D eigenvalue weighted by Crippen LogP contribution is 2.29. The number of fused-ring (bicyclic) bond motifs is 2. The average Bonchev–Trinajstić information content (AvgIpc) is 3.10. The molecule has 0 N–H and O–H groups in total. The molecular formula is C23H25N3O2. The Bertz CT molecular complexity index is 960. The van der Waals surface area contributed by atoms with Crippen LogP contribution in [0.5, 0.6) is 0 Å². The van der Waals surface area contributed by atoms with Crippen LogP contribution in [0.25, 0.3) is 0 Å². The summed E-state index contributed by atoms with van der Waals surface area (Å²) in [5, 5.41) is 0. The van der Waals surface area contributed by atoms with E-state index < -0.39 is 0 Å². The van der Waals surface area contributed by atoms with Crippen LogP contribution in [-0.4, -0.2) is 47.8 Å².